The minimum Gasteiger partial charge on any atom is -0.493 e. The van der Waals surface area contributed by atoms with Crippen molar-refractivity contribution >= 4 is 12.2 Å². The van der Waals surface area contributed by atoms with E-state index in [0.717, 1.165) is 11.1 Å². The fourth-order valence-corrected chi connectivity index (χ4v) is 2.45. The number of amides is 1. The van der Waals surface area contributed by atoms with Gasteiger partial charge >= 0.3 is 6.09 Å². The van der Waals surface area contributed by atoms with Crippen LogP contribution in [0.5, 0.6) is 17.2 Å². The number of hydrogen-bond acceptors (Lipinski definition) is 5. The maximum atomic E-state index is 11.7. The Hall–Kier alpha value is -3.15. The van der Waals surface area contributed by atoms with E-state index in [2.05, 4.69) is 5.32 Å². The predicted octanol–water partition coefficient (Wildman–Crippen LogP) is 4.04. The second kappa shape index (κ2) is 10.8. The molecule has 0 saturated heterocycles. The monoisotopic (exact) mass is 371 g/mol. The average molecular weight is 371 g/mol. The summed E-state index contributed by atoms with van der Waals surface area (Å²) in [5, 5.41) is 2.72. The number of hydrogen-bond donors (Lipinski definition) is 1. The van der Waals surface area contributed by atoms with Crippen LogP contribution < -0.4 is 19.5 Å². The van der Waals surface area contributed by atoms with Gasteiger partial charge in [0.15, 0.2) is 11.5 Å². The summed E-state index contributed by atoms with van der Waals surface area (Å²) in [5.74, 6) is 1.75. The number of carbonyl (C=O) groups excluding carboxylic acids is 1. The molecule has 0 aromatic heterocycles. The third-order valence-electron chi connectivity index (χ3n) is 3.79. The third-order valence-corrected chi connectivity index (χ3v) is 3.79. The highest BCUT2D eigenvalue weighted by Gasteiger charge is 2.11. The normalized spacial score (nSPS) is 10.5. The molecule has 1 N–H and O–H groups in total. The zero-order valence-electron chi connectivity index (χ0n) is 15.9. The molecule has 27 heavy (non-hydrogen) atoms. The maximum absolute atomic E-state index is 11.7. The van der Waals surface area contributed by atoms with Crippen LogP contribution in [0.4, 0.5) is 4.79 Å². The molecule has 0 heterocycles. The predicted molar refractivity (Wildman–Crippen MR) is 104 cm³/mol. The highest BCUT2D eigenvalue weighted by molar-refractivity contribution is 5.67. The van der Waals surface area contributed by atoms with Crippen molar-refractivity contribution in [2.75, 3.05) is 27.9 Å². The zero-order valence-corrected chi connectivity index (χ0v) is 15.9. The zero-order chi connectivity index (χ0) is 19.5. The van der Waals surface area contributed by atoms with Crippen LogP contribution >= 0.6 is 0 Å². The molecule has 0 radical (unpaired) electrons. The van der Waals surface area contributed by atoms with Crippen molar-refractivity contribution in [1.82, 2.24) is 5.32 Å². The number of benzene rings is 2. The first-order valence-electron chi connectivity index (χ1n) is 8.59. The van der Waals surface area contributed by atoms with Crippen LogP contribution in [0.25, 0.3) is 6.08 Å². The smallest absolute Gasteiger partial charge is 0.407 e. The lowest BCUT2D eigenvalue weighted by atomic mass is 10.1. The van der Waals surface area contributed by atoms with Crippen LogP contribution in [0.1, 0.15) is 17.5 Å². The minimum atomic E-state index is -0.431. The van der Waals surface area contributed by atoms with Crippen LogP contribution in [-0.4, -0.2) is 34.0 Å². The number of nitrogens with one attached hydrogen (secondary N) is 1. The molecule has 0 aliphatic heterocycles. The molecule has 6 nitrogen and oxygen atoms in total. The molecule has 2 rings (SSSR count). The number of carbonyl (C=O) groups is 1. The Morgan fingerprint density at radius 2 is 1.67 bits per heavy atom. The van der Waals surface area contributed by atoms with Gasteiger partial charge in [-0.3, -0.25) is 0 Å². The quantitative estimate of drug-likeness (QED) is 0.674. The third kappa shape index (κ3) is 6.26. The lowest BCUT2D eigenvalue weighted by molar-refractivity contribution is 0.140. The average Bonchev–Trinajstić information content (AvgIpc) is 2.71. The van der Waals surface area contributed by atoms with Gasteiger partial charge in [0.1, 0.15) is 6.61 Å². The second-order valence-electron chi connectivity index (χ2n) is 5.64. The van der Waals surface area contributed by atoms with Gasteiger partial charge in [-0.05, 0) is 29.7 Å². The van der Waals surface area contributed by atoms with Crippen molar-refractivity contribution in [2.24, 2.45) is 0 Å². The standard InChI is InChI=1S/C21H25NO5/c1-24-18-13-17(14-19(25-2)20(18)26-3)11-7-8-12-22-21(23)27-15-16-9-5-4-6-10-16/h4-7,9-11,13-14H,8,12,15H2,1-3H3,(H,22,23). The van der Waals surface area contributed by atoms with Gasteiger partial charge in [-0.15, -0.1) is 0 Å². The summed E-state index contributed by atoms with van der Waals surface area (Å²) in [6.07, 6.45) is 4.12. The first kappa shape index (κ1) is 20.2. The summed E-state index contributed by atoms with van der Waals surface area (Å²) in [6, 6.07) is 13.3. The molecule has 2 aromatic rings. The molecular formula is C21H25NO5. The molecule has 0 unspecified atom stereocenters. The van der Waals surface area contributed by atoms with Crippen molar-refractivity contribution in [3.8, 4) is 17.2 Å². The van der Waals surface area contributed by atoms with Crippen molar-refractivity contribution in [2.45, 2.75) is 13.0 Å². The number of ether oxygens (including phenoxy) is 4. The van der Waals surface area contributed by atoms with Crippen LogP contribution in [-0.2, 0) is 11.3 Å². The Morgan fingerprint density at radius 3 is 2.26 bits per heavy atom. The highest BCUT2D eigenvalue weighted by atomic mass is 16.5. The molecule has 0 aliphatic carbocycles. The van der Waals surface area contributed by atoms with E-state index in [0.29, 0.717) is 30.2 Å². The molecule has 0 spiro atoms. The van der Waals surface area contributed by atoms with Crippen molar-refractivity contribution in [1.29, 1.82) is 0 Å². The van der Waals surface area contributed by atoms with Crippen LogP contribution in [0.15, 0.2) is 48.5 Å². The summed E-state index contributed by atoms with van der Waals surface area (Å²) in [7, 11) is 4.73. The van der Waals surface area contributed by atoms with Gasteiger partial charge in [0, 0.05) is 6.54 Å². The molecule has 0 saturated carbocycles. The molecule has 1 amide bonds. The maximum Gasteiger partial charge on any atom is 0.407 e. The summed E-state index contributed by atoms with van der Waals surface area (Å²) >= 11 is 0. The second-order valence-corrected chi connectivity index (χ2v) is 5.64. The van der Waals surface area contributed by atoms with Crippen molar-refractivity contribution in [3.63, 3.8) is 0 Å². The van der Waals surface area contributed by atoms with Gasteiger partial charge in [0.05, 0.1) is 21.3 Å². The van der Waals surface area contributed by atoms with E-state index in [1.807, 2.05) is 54.6 Å². The van der Waals surface area contributed by atoms with Crippen LogP contribution in [0.2, 0.25) is 0 Å². The fraction of sp³-hybridized carbons (Fsp3) is 0.286. The van der Waals surface area contributed by atoms with E-state index < -0.39 is 6.09 Å². The van der Waals surface area contributed by atoms with E-state index in [9.17, 15) is 4.79 Å². The molecule has 144 valence electrons. The van der Waals surface area contributed by atoms with Gasteiger partial charge in [0.25, 0.3) is 0 Å². The van der Waals surface area contributed by atoms with Crippen LogP contribution in [0.3, 0.4) is 0 Å². The molecular weight excluding hydrogens is 346 g/mol. The largest absolute Gasteiger partial charge is 0.493 e. The Bertz CT molecular complexity index is 733. The molecule has 0 aliphatic rings. The number of rotatable bonds is 9. The molecule has 6 heteroatoms. The SMILES string of the molecule is COc1cc(C=CCCNC(=O)OCc2ccccc2)cc(OC)c1OC. The van der Waals surface area contributed by atoms with Gasteiger partial charge in [-0.25, -0.2) is 4.79 Å². The summed E-state index contributed by atoms with van der Waals surface area (Å²) in [4.78, 5) is 11.7. The van der Waals surface area contributed by atoms with Gasteiger partial charge in [-0.1, -0.05) is 42.5 Å². The summed E-state index contributed by atoms with van der Waals surface area (Å²) in [5.41, 5.74) is 1.87. The molecule has 0 bridgehead atoms. The minimum absolute atomic E-state index is 0.258. The fourth-order valence-electron chi connectivity index (χ4n) is 2.45. The Balaban J connectivity index is 1.79. The first-order chi connectivity index (χ1) is 13.2. The first-order valence-corrected chi connectivity index (χ1v) is 8.59. The van der Waals surface area contributed by atoms with Crippen LogP contribution in [0, 0.1) is 0 Å². The van der Waals surface area contributed by atoms with Gasteiger partial charge < -0.3 is 24.3 Å². The number of alkyl carbamates (subject to hydrolysis) is 1. The topological polar surface area (TPSA) is 66.0 Å². The van der Waals surface area contributed by atoms with E-state index in [-0.39, 0.29) is 6.61 Å². The molecule has 0 fully saturated rings. The highest BCUT2D eigenvalue weighted by Crippen LogP contribution is 2.38. The number of methoxy groups -OCH3 is 3. The molecule has 2 aromatic carbocycles. The van der Waals surface area contributed by atoms with Crippen molar-refractivity contribution in [3.05, 3.63) is 59.7 Å². The van der Waals surface area contributed by atoms with Gasteiger partial charge in [-0.2, -0.15) is 0 Å². The van der Waals surface area contributed by atoms with E-state index in [4.69, 9.17) is 18.9 Å². The van der Waals surface area contributed by atoms with E-state index in [1.165, 1.54) is 0 Å². The Morgan fingerprint density at radius 1 is 1.00 bits per heavy atom. The van der Waals surface area contributed by atoms with Crippen molar-refractivity contribution < 1.29 is 23.7 Å². The van der Waals surface area contributed by atoms with Gasteiger partial charge in [0.2, 0.25) is 5.75 Å². The lowest BCUT2D eigenvalue weighted by Crippen LogP contribution is -2.24. The van der Waals surface area contributed by atoms with E-state index >= 15 is 0 Å². The Labute approximate surface area is 159 Å². The molecule has 0 atom stereocenters. The van der Waals surface area contributed by atoms with E-state index in [1.54, 1.807) is 21.3 Å². The Kier molecular flexibility index (Phi) is 8.03. The summed E-state index contributed by atoms with van der Waals surface area (Å²) < 4.78 is 21.1. The summed E-state index contributed by atoms with van der Waals surface area (Å²) in [6.45, 7) is 0.739. The lowest BCUT2D eigenvalue weighted by Gasteiger charge is -2.12.